The number of hydrogen-bond donors (Lipinski definition) is 1. The molecular formula is C29H39N3O4. The van der Waals surface area contributed by atoms with Crippen molar-refractivity contribution < 1.29 is 19.3 Å². The number of nitrogens with zero attached hydrogens (tertiary/aromatic N) is 3. The third-order valence-corrected chi connectivity index (χ3v) is 6.27. The van der Waals surface area contributed by atoms with E-state index >= 15 is 0 Å². The molecule has 0 radical (unpaired) electrons. The Morgan fingerprint density at radius 2 is 1.83 bits per heavy atom. The number of aromatic nitrogens is 2. The van der Waals surface area contributed by atoms with Crippen LogP contribution in [0.15, 0.2) is 60.7 Å². The lowest BCUT2D eigenvalue weighted by Crippen LogP contribution is -2.39. The molecule has 1 saturated heterocycles. The summed E-state index contributed by atoms with van der Waals surface area (Å²) >= 11 is 0. The number of rotatable bonds is 13. The molecule has 0 spiro atoms. The van der Waals surface area contributed by atoms with Crippen LogP contribution < -0.4 is 4.74 Å². The van der Waals surface area contributed by atoms with Crippen LogP contribution in [0.25, 0.3) is 5.69 Å². The minimum atomic E-state index is -0.596. The number of aryl methyl sites for hydroxylation is 1. The van der Waals surface area contributed by atoms with Crippen LogP contribution in [0.1, 0.15) is 44.9 Å². The first-order valence-electron chi connectivity index (χ1n) is 13.1. The van der Waals surface area contributed by atoms with Crippen molar-refractivity contribution >= 4 is 0 Å². The molecule has 1 N–H and O–H groups in total. The third kappa shape index (κ3) is 7.17. The fourth-order valence-electron chi connectivity index (χ4n) is 4.53. The summed E-state index contributed by atoms with van der Waals surface area (Å²) in [5, 5.41) is 15.7. The molecule has 1 aromatic heterocycles. The zero-order chi connectivity index (χ0) is 25.3. The highest BCUT2D eigenvalue weighted by Gasteiger charge is 2.26. The lowest BCUT2D eigenvalue weighted by atomic mass is 10.1. The number of benzene rings is 2. The van der Waals surface area contributed by atoms with Gasteiger partial charge in [0, 0.05) is 26.2 Å². The standard InChI is InChI=1S/C29H39N3O4/c1-4-28-27(20-31(19-26-16-11-17-34-26)18-24(33)21-35-22(2)3)29(36-25-14-9-6-10-15-25)32(30-28)23-12-7-5-8-13-23/h5-10,12-15,22,24,26,33H,4,11,16-21H2,1-3H3/t24-,26-/m1/s1. The molecular weight excluding hydrogens is 454 g/mol. The Bertz CT molecular complexity index is 1050. The summed E-state index contributed by atoms with van der Waals surface area (Å²) in [5.74, 6) is 1.46. The highest BCUT2D eigenvalue weighted by atomic mass is 16.5. The lowest BCUT2D eigenvalue weighted by Gasteiger charge is -2.28. The summed E-state index contributed by atoms with van der Waals surface area (Å²) < 4.78 is 20.0. The molecule has 3 aromatic rings. The van der Waals surface area contributed by atoms with Crippen LogP contribution >= 0.6 is 0 Å². The van der Waals surface area contributed by atoms with Gasteiger partial charge in [0.05, 0.1) is 41.9 Å². The van der Waals surface area contributed by atoms with E-state index in [0.717, 1.165) is 55.1 Å². The van der Waals surface area contributed by atoms with Gasteiger partial charge in [0.15, 0.2) is 0 Å². The van der Waals surface area contributed by atoms with Crippen LogP contribution in [-0.2, 0) is 22.4 Å². The topological polar surface area (TPSA) is 69.0 Å². The van der Waals surface area contributed by atoms with E-state index < -0.39 is 6.10 Å². The summed E-state index contributed by atoms with van der Waals surface area (Å²) in [5.41, 5.74) is 2.95. The molecule has 0 aliphatic carbocycles. The van der Waals surface area contributed by atoms with Gasteiger partial charge in [-0.25, -0.2) is 4.68 Å². The van der Waals surface area contributed by atoms with E-state index in [0.29, 0.717) is 25.6 Å². The smallest absolute Gasteiger partial charge is 0.227 e. The van der Waals surface area contributed by atoms with E-state index in [1.807, 2.05) is 79.2 Å². The maximum atomic E-state index is 10.8. The van der Waals surface area contributed by atoms with Gasteiger partial charge in [-0.1, -0.05) is 43.3 Å². The number of para-hydroxylation sites is 2. The molecule has 2 aromatic carbocycles. The van der Waals surface area contributed by atoms with Gasteiger partial charge in [0.25, 0.3) is 0 Å². The molecule has 7 nitrogen and oxygen atoms in total. The Hall–Kier alpha value is -2.71. The minimum absolute atomic E-state index is 0.0768. The van der Waals surface area contributed by atoms with Crippen molar-refractivity contribution in [1.29, 1.82) is 0 Å². The van der Waals surface area contributed by atoms with E-state index in [1.165, 1.54) is 0 Å². The summed E-state index contributed by atoms with van der Waals surface area (Å²) in [4.78, 5) is 2.26. The fourth-order valence-corrected chi connectivity index (χ4v) is 4.53. The fraction of sp³-hybridized carbons (Fsp3) is 0.483. The zero-order valence-corrected chi connectivity index (χ0v) is 21.7. The summed E-state index contributed by atoms with van der Waals surface area (Å²) in [6.07, 6.45) is 2.52. The third-order valence-electron chi connectivity index (χ3n) is 6.27. The number of ether oxygens (including phenoxy) is 3. The monoisotopic (exact) mass is 493 g/mol. The molecule has 2 atom stereocenters. The largest absolute Gasteiger partial charge is 0.439 e. The Kier molecular flexibility index (Phi) is 9.53. The predicted molar refractivity (Wildman–Crippen MR) is 141 cm³/mol. The molecule has 194 valence electrons. The van der Waals surface area contributed by atoms with Crippen LogP contribution in [0.2, 0.25) is 0 Å². The van der Waals surface area contributed by atoms with Gasteiger partial charge >= 0.3 is 0 Å². The van der Waals surface area contributed by atoms with Crippen molar-refractivity contribution in [1.82, 2.24) is 14.7 Å². The molecule has 0 bridgehead atoms. The molecule has 0 saturated carbocycles. The highest BCUT2D eigenvalue weighted by Crippen LogP contribution is 2.32. The average Bonchev–Trinajstić information content (AvgIpc) is 3.52. The van der Waals surface area contributed by atoms with Gasteiger partial charge in [-0.3, -0.25) is 4.90 Å². The Morgan fingerprint density at radius 1 is 1.11 bits per heavy atom. The number of hydrogen-bond acceptors (Lipinski definition) is 6. The van der Waals surface area contributed by atoms with Crippen LogP contribution in [0.3, 0.4) is 0 Å². The molecule has 36 heavy (non-hydrogen) atoms. The van der Waals surface area contributed by atoms with Gasteiger partial charge in [-0.05, 0) is 57.4 Å². The summed E-state index contributed by atoms with van der Waals surface area (Å²) in [6.45, 7) is 8.99. The van der Waals surface area contributed by atoms with Gasteiger partial charge in [-0.2, -0.15) is 5.10 Å². The first kappa shape index (κ1) is 26.4. The molecule has 0 amide bonds. The van der Waals surface area contributed by atoms with E-state index in [1.54, 1.807) is 0 Å². The van der Waals surface area contributed by atoms with Crippen LogP contribution in [0.4, 0.5) is 0 Å². The minimum Gasteiger partial charge on any atom is -0.439 e. The Labute approximate surface area is 214 Å². The Balaban J connectivity index is 1.66. The van der Waals surface area contributed by atoms with Crippen molar-refractivity contribution in [3.05, 3.63) is 71.9 Å². The molecule has 1 aliphatic rings. The second-order valence-electron chi connectivity index (χ2n) is 9.61. The van der Waals surface area contributed by atoms with Gasteiger partial charge in [0.2, 0.25) is 5.88 Å². The van der Waals surface area contributed by atoms with E-state index in [2.05, 4.69) is 11.8 Å². The predicted octanol–water partition coefficient (Wildman–Crippen LogP) is 4.99. The Morgan fingerprint density at radius 3 is 2.47 bits per heavy atom. The van der Waals surface area contributed by atoms with Crippen LogP contribution in [-0.4, -0.2) is 64.4 Å². The average molecular weight is 494 g/mol. The van der Waals surface area contributed by atoms with Crippen molar-refractivity contribution in [3.63, 3.8) is 0 Å². The quantitative estimate of drug-likeness (QED) is 0.362. The van der Waals surface area contributed by atoms with Crippen molar-refractivity contribution in [2.75, 3.05) is 26.3 Å². The number of aliphatic hydroxyl groups is 1. The molecule has 2 heterocycles. The van der Waals surface area contributed by atoms with E-state index in [-0.39, 0.29) is 12.2 Å². The van der Waals surface area contributed by atoms with Gasteiger partial charge in [-0.15, -0.1) is 0 Å². The molecule has 1 fully saturated rings. The number of aliphatic hydroxyl groups excluding tert-OH is 1. The van der Waals surface area contributed by atoms with Crippen molar-refractivity contribution in [2.24, 2.45) is 0 Å². The normalized spacial score (nSPS) is 16.7. The highest BCUT2D eigenvalue weighted by molar-refractivity contribution is 5.43. The van der Waals surface area contributed by atoms with Gasteiger partial charge in [0.1, 0.15) is 5.75 Å². The molecule has 4 rings (SSSR count). The second kappa shape index (κ2) is 13.0. The first-order valence-corrected chi connectivity index (χ1v) is 13.1. The second-order valence-corrected chi connectivity index (χ2v) is 9.61. The SMILES string of the molecule is CCc1nn(-c2ccccc2)c(Oc2ccccc2)c1CN(C[C@@H](O)COC(C)C)C[C@H]1CCCO1. The van der Waals surface area contributed by atoms with E-state index in [4.69, 9.17) is 19.3 Å². The molecule has 1 aliphatic heterocycles. The maximum Gasteiger partial charge on any atom is 0.227 e. The zero-order valence-electron chi connectivity index (χ0n) is 21.7. The molecule has 0 unspecified atom stereocenters. The first-order chi connectivity index (χ1) is 17.5. The maximum absolute atomic E-state index is 10.8. The summed E-state index contributed by atoms with van der Waals surface area (Å²) in [6, 6.07) is 19.9. The van der Waals surface area contributed by atoms with Crippen molar-refractivity contribution in [2.45, 2.75) is 64.9 Å². The molecule has 7 heteroatoms. The van der Waals surface area contributed by atoms with E-state index in [9.17, 15) is 5.11 Å². The van der Waals surface area contributed by atoms with Crippen molar-refractivity contribution in [3.8, 4) is 17.3 Å². The van der Waals surface area contributed by atoms with Crippen LogP contribution in [0, 0.1) is 0 Å². The van der Waals surface area contributed by atoms with Gasteiger partial charge < -0.3 is 19.3 Å². The van der Waals surface area contributed by atoms with Crippen LogP contribution in [0.5, 0.6) is 11.6 Å². The summed E-state index contributed by atoms with van der Waals surface area (Å²) in [7, 11) is 0. The lowest BCUT2D eigenvalue weighted by molar-refractivity contribution is -0.0173.